The van der Waals surface area contributed by atoms with Gasteiger partial charge in [-0.3, -0.25) is 4.79 Å². The number of benzene rings is 1. The Kier molecular flexibility index (Phi) is 6.14. The van der Waals surface area contributed by atoms with E-state index < -0.39 is 23.8 Å². The lowest BCUT2D eigenvalue weighted by Crippen LogP contribution is -2.26. The van der Waals surface area contributed by atoms with Gasteiger partial charge in [0.1, 0.15) is 0 Å². The first kappa shape index (κ1) is 16.7. The fourth-order valence-corrected chi connectivity index (χ4v) is 1.47. The van der Waals surface area contributed by atoms with Gasteiger partial charge in [0.05, 0.1) is 12.0 Å². The van der Waals surface area contributed by atoms with Crippen LogP contribution in [0.4, 0.5) is 13.2 Å². The molecule has 0 aromatic heterocycles. The van der Waals surface area contributed by atoms with Gasteiger partial charge in [0.25, 0.3) is 0 Å². The molecule has 18 heavy (non-hydrogen) atoms. The van der Waals surface area contributed by atoms with Gasteiger partial charge in [0.2, 0.25) is 0 Å². The van der Waals surface area contributed by atoms with Crippen molar-refractivity contribution < 1.29 is 23.1 Å². The van der Waals surface area contributed by atoms with Crippen LogP contribution in [-0.2, 0) is 17.4 Å². The summed E-state index contributed by atoms with van der Waals surface area (Å²) in [7, 11) is 0. The summed E-state index contributed by atoms with van der Waals surface area (Å²) in [5, 5.41) is 8.49. The highest BCUT2D eigenvalue weighted by Crippen LogP contribution is 2.29. The van der Waals surface area contributed by atoms with Crippen LogP contribution in [0.15, 0.2) is 24.3 Å². The molecule has 1 rings (SSSR count). The number of carboxylic acid groups (broad SMARTS) is 1. The highest BCUT2D eigenvalue weighted by molar-refractivity contribution is 5.85. The maximum atomic E-state index is 12.4. The molecular weight excluding hydrogens is 271 g/mol. The second kappa shape index (κ2) is 6.61. The number of carbonyl (C=O) groups is 1. The lowest BCUT2D eigenvalue weighted by molar-refractivity contribution is -0.138. The predicted molar refractivity (Wildman–Crippen MR) is 62.6 cm³/mol. The van der Waals surface area contributed by atoms with Crippen molar-refractivity contribution in [3.8, 4) is 0 Å². The summed E-state index contributed by atoms with van der Waals surface area (Å²) in [6, 6.07) is 4.05. The van der Waals surface area contributed by atoms with Gasteiger partial charge in [-0.25, -0.2) is 0 Å². The first-order valence-electron chi connectivity index (χ1n) is 4.92. The van der Waals surface area contributed by atoms with Crippen molar-refractivity contribution in [2.75, 3.05) is 0 Å². The van der Waals surface area contributed by atoms with E-state index in [1.807, 2.05) is 0 Å². The number of alkyl halides is 3. The van der Waals surface area contributed by atoms with Crippen molar-refractivity contribution in [2.45, 2.75) is 25.1 Å². The maximum absolute atomic E-state index is 12.4. The van der Waals surface area contributed by atoms with Gasteiger partial charge < -0.3 is 10.8 Å². The van der Waals surface area contributed by atoms with Gasteiger partial charge >= 0.3 is 12.1 Å². The first-order valence-corrected chi connectivity index (χ1v) is 4.92. The molecule has 1 aromatic carbocycles. The zero-order valence-corrected chi connectivity index (χ0v) is 10.1. The Bertz CT molecular complexity index is 410. The highest BCUT2D eigenvalue weighted by atomic mass is 35.5. The summed E-state index contributed by atoms with van der Waals surface area (Å²) < 4.78 is 37.2. The molecule has 0 saturated heterocycles. The van der Waals surface area contributed by atoms with Crippen molar-refractivity contribution in [3.05, 3.63) is 35.4 Å². The van der Waals surface area contributed by atoms with Gasteiger partial charge in [-0.1, -0.05) is 18.2 Å². The van der Waals surface area contributed by atoms with Gasteiger partial charge in [-0.05, 0) is 18.1 Å². The van der Waals surface area contributed by atoms with Crippen LogP contribution in [0.25, 0.3) is 0 Å². The minimum atomic E-state index is -4.40. The van der Waals surface area contributed by atoms with Crippen LogP contribution in [0, 0.1) is 0 Å². The Hall–Kier alpha value is -1.27. The van der Waals surface area contributed by atoms with Crippen LogP contribution in [-0.4, -0.2) is 17.1 Å². The van der Waals surface area contributed by atoms with Gasteiger partial charge in [-0.15, -0.1) is 12.4 Å². The monoisotopic (exact) mass is 283 g/mol. The molecule has 0 aliphatic rings. The van der Waals surface area contributed by atoms with Gasteiger partial charge in [-0.2, -0.15) is 13.2 Å². The van der Waals surface area contributed by atoms with Gasteiger partial charge in [0.15, 0.2) is 0 Å². The Morgan fingerprint density at radius 3 is 2.50 bits per heavy atom. The van der Waals surface area contributed by atoms with E-state index in [4.69, 9.17) is 10.8 Å². The first-order chi connectivity index (χ1) is 7.79. The summed E-state index contributed by atoms with van der Waals surface area (Å²) >= 11 is 0. The van der Waals surface area contributed by atoms with Gasteiger partial charge in [0, 0.05) is 6.04 Å². The zero-order valence-electron chi connectivity index (χ0n) is 9.28. The molecule has 0 fully saturated rings. The van der Waals surface area contributed by atoms with Crippen LogP contribution >= 0.6 is 12.4 Å². The lowest BCUT2D eigenvalue weighted by Gasteiger charge is -2.11. The molecule has 102 valence electrons. The zero-order chi connectivity index (χ0) is 13.1. The van der Waals surface area contributed by atoms with E-state index in [1.54, 1.807) is 0 Å². The Morgan fingerprint density at radius 1 is 1.39 bits per heavy atom. The number of halogens is 4. The molecule has 3 N–H and O–H groups in total. The molecule has 7 heteroatoms. The standard InChI is InChI=1S/C11H12F3NO2.ClH/c12-11(13,14)8-3-1-2-7(4-8)5-9(15)6-10(16)17;/h1-4,9H,5-6,15H2,(H,16,17);1H. The largest absolute Gasteiger partial charge is 0.481 e. The van der Waals surface area contributed by atoms with Crippen molar-refractivity contribution in [2.24, 2.45) is 5.73 Å². The normalized spacial score (nSPS) is 12.7. The average Bonchev–Trinajstić information content (AvgIpc) is 2.15. The summed E-state index contributed by atoms with van der Waals surface area (Å²) in [6.07, 6.45) is -4.56. The smallest absolute Gasteiger partial charge is 0.416 e. The fourth-order valence-electron chi connectivity index (χ4n) is 1.47. The van der Waals surface area contributed by atoms with Crippen molar-refractivity contribution >= 4 is 18.4 Å². The van der Waals surface area contributed by atoms with E-state index >= 15 is 0 Å². The Morgan fingerprint density at radius 2 is 2.00 bits per heavy atom. The third kappa shape index (κ3) is 5.37. The Balaban J connectivity index is 0.00000289. The number of hydrogen-bond acceptors (Lipinski definition) is 2. The third-order valence-electron chi connectivity index (χ3n) is 2.19. The topological polar surface area (TPSA) is 63.3 Å². The van der Waals surface area contributed by atoms with E-state index in [-0.39, 0.29) is 25.2 Å². The minimum absolute atomic E-state index is 0. The maximum Gasteiger partial charge on any atom is 0.416 e. The molecule has 0 radical (unpaired) electrons. The molecular formula is C11H13ClF3NO2. The second-order valence-electron chi connectivity index (χ2n) is 3.76. The average molecular weight is 284 g/mol. The van der Waals surface area contributed by atoms with Crippen LogP contribution in [0.1, 0.15) is 17.5 Å². The summed E-state index contributed by atoms with van der Waals surface area (Å²) in [5.74, 6) is -1.07. The molecule has 0 bridgehead atoms. The van der Waals surface area contributed by atoms with E-state index in [1.165, 1.54) is 12.1 Å². The number of nitrogens with two attached hydrogens (primary N) is 1. The number of rotatable bonds is 4. The molecule has 3 nitrogen and oxygen atoms in total. The summed E-state index contributed by atoms with van der Waals surface area (Å²) in [6.45, 7) is 0. The predicted octanol–water partition coefficient (Wildman–Crippen LogP) is 2.47. The molecule has 0 aliphatic heterocycles. The van der Waals surface area contributed by atoms with Crippen LogP contribution in [0.2, 0.25) is 0 Å². The molecule has 0 aliphatic carbocycles. The molecule has 0 spiro atoms. The molecule has 1 unspecified atom stereocenters. The highest BCUT2D eigenvalue weighted by Gasteiger charge is 2.30. The van der Waals surface area contributed by atoms with E-state index in [0.717, 1.165) is 12.1 Å². The Labute approximate surface area is 108 Å². The fraction of sp³-hybridized carbons (Fsp3) is 0.364. The van der Waals surface area contributed by atoms with Crippen molar-refractivity contribution in [1.29, 1.82) is 0 Å². The molecule has 0 saturated carbocycles. The number of carboxylic acids is 1. The second-order valence-corrected chi connectivity index (χ2v) is 3.76. The number of aliphatic carboxylic acids is 1. The van der Waals surface area contributed by atoms with E-state index in [9.17, 15) is 18.0 Å². The lowest BCUT2D eigenvalue weighted by atomic mass is 10.0. The van der Waals surface area contributed by atoms with Crippen LogP contribution in [0.3, 0.4) is 0 Å². The number of hydrogen-bond donors (Lipinski definition) is 2. The molecule has 1 aromatic rings. The molecule has 0 amide bonds. The quantitative estimate of drug-likeness (QED) is 0.892. The van der Waals surface area contributed by atoms with Crippen LogP contribution in [0.5, 0.6) is 0 Å². The summed E-state index contributed by atoms with van der Waals surface area (Å²) in [4.78, 5) is 10.4. The van der Waals surface area contributed by atoms with E-state index in [0.29, 0.717) is 5.56 Å². The van der Waals surface area contributed by atoms with Crippen molar-refractivity contribution in [3.63, 3.8) is 0 Å². The molecule has 0 heterocycles. The van der Waals surface area contributed by atoms with Crippen LogP contribution < -0.4 is 5.73 Å². The summed E-state index contributed by atoms with van der Waals surface area (Å²) in [5.41, 5.74) is 5.13. The SMILES string of the molecule is Cl.NC(CC(=O)O)Cc1cccc(C(F)(F)F)c1. The third-order valence-corrected chi connectivity index (χ3v) is 2.19. The minimum Gasteiger partial charge on any atom is -0.481 e. The van der Waals surface area contributed by atoms with Crippen molar-refractivity contribution in [1.82, 2.24) is 0 Å². The van der Waals surface area contributed by atoms with E-state index in [2.05, 4.69) is 0 Å². The molecule has 1 atom stereocenters.